The van der Waals surface area contributed by atoms with Gasteiger partial charge in [-0.2, -0.15) is 0 Å². The normalized spacial score (nSPS) is 10.7. The van der Waals surface area contributed by atoms with Crippen molar-refractivity contribution in [2.24, 2.45) is 7.05 Å². The highest BCUT2D eigenvalue weighted by molar-refractivity contribution is 6.02. The third kappa shape index (κ3) is 4.33. The van der Waals surface area contributed by atoms with Crippen LogP contribution in [0.4, 0.5) is 5.69 Å². The zero-order valence-corrected chi connectivity index (χ0v) is 16.3. The van der Waals surface area contributed by atoms with Gasteiger partial charge in [0.05, 0.1) is 23.8 Å². The van der Waals surface area contributed by atoms with Gasteiger partial charge in [-0.3, -0.25) is 9.59 Å². The van der Waals surface area contributed by atoms with Crippen molar-refractivity contribution in [3.05, 3.63) is 78.5 Å². The summed E-state index contributed by atoms with van der Waals surface area (Å²) in [5, 5.41) is 5.52. The minimum atomic E-state index is -0.364. The van der Waals surface area contributed by atoms with Crippen LogP contribution in [0.25, 0.3) is 11.0 Å². The number of hydrogen-bond donors (Lipinski definition) is 2. The van der Waals surface area contributed by atoms with E-state index in [9.17, 15) is 9.59 Å². The number of aryl methyl sites for hydroxylation is 1. The average molecular weight is 404 g/mol. The molecule has 4 rings (SSSR count). The molecule has 2 N–H and O–H groups in total. The number of nitrogens with zero attached hydrogens (tertiary/aromatic N) is 2. The Hall–Kier alpha value is -4.07. The summed E-state index contributed by atoms with van der Waals surface area (Å²) < 4.78 is 12.6. The highest BCUT2D eigenvalue weighted by Gasteiger charge is 2.11. The van der Waals surface area contributed by atoms with E-state index in [1.54, 1.807) is 36.4 Å². The Morgan fingerprint density at radius 2 is 1.97 bits per heavy atom. The summed E-state index contributed by atoms with van der Waals surface area (Å²) in [5.41, 5.74) is 2.43. The molecule has 2 amide bonds. The summed E-state index contributed by atoms with van der Waals surface area (Å²) in [6, 6.07) is 17.8. The molecule has 2 aromatic heterocycles. The molecule has 8 heteroatoms. The number of furan rings is 1. The number of carbonyl (C=O) groups is 2. The maximum atomic E-state index is 12.2. The first-order valence-electron chi connectivity index (χ1n) is 9.35. The number of carbonyl (C=O) groups excluding carboxylic acids is 2. The average Bonchev–Trinajstić information content (AvgIpc) is 3.40. The van der Waals surface area contributed by atoms with Gasteiger partial charge in [0.1, 0.15) is 11.6 Å². The molecule has 0 atom stereocenters. The maximum Gasteiger partial charge on any atom is 0.291 e. The first-order chi connectivity index (χ1) is 14.6. The number of nitrogens with one attached hydrogen (secondary N) is 2. The quantitative estimate of drug-likeness (QED) is 0.493. The molecule has 0 aliphatic carbocycles. The zero-order valence-electron chi connectivity index (χ0n) is 16.3. The molecule has 0 unspecified atom stereocenters. The number of fused-ring (bicyclic) bond motifs is 1. The largest absolute Gasteiger partial charge is 0.484 e. The fourth-order valence-corrected chi connectivity index (χ4v) is 3.00. The van der Waals surface area contributed by atoms with Gasteiger partial charge in [-0.05, 0) is 36.4 Å². The minimum absolute atomic E-state index is 0.153. The number of rotatable bonds is 7. The Balaban J connectivity index is 1.30. The van der Waals surface area contributed by atoms with Crippen LogP contribution in [-0.2, 0) is 18.4 Å². The van der Waals surface area contributed by atoms with Crippen LogP contribution in [0.3, 0.4) is 0 Å². The number of ether oxygens (including phenoxy) is 1. The smallest absolute Gasteiger partial charge is 0.291 e. The lowest BCUT2D eigenvalue weighted by atomic mass is 10.3. The van der Waals surface area contributed by atoms with Crippen molar-refractivity contribution < 1.29 is 18.7 Å². The van der Waals surface area contributed by atoms with Gasteiger partial charge in [0.15, 0.2) is 12.4 Å². The molecule has 0 aliphatic rings. The monoisotopic (exact) mass is 404 g/mol. The second-order valence-corrected chi connectivity index (χ2v) is 6.60. The second-order valence-electron chi connectivity index (χ2n) is 6.60. The van der Waals surface area contributed by atoms with E-state index in [0.717, 1.165) is 16.9 Å². The van der Waals surface area contributed by atoms with E-state index in [1.165, 1.54) is 6.26 Å². The first kappa shape index (κ1) is 19.3. The van der Waals surface area contributed by atoms with Crippen LogP contribution in [0.2, 0.25) is 0 Å². The second kappa shape index (κ2) is 8.52. The van der Waals surface area contributed by atoms with Gasteiger partial charge in [0.25, 0.3) is 11.8 Å². The van der Waals surface area contributed by atoms with Gasteiger partial charge < -0.3 is 24.4 Å². The van der Waals surface area contributed by atoms with Crippen molar-refractivity contribution in [3.63, 3.8) is 0 Å². The standard InChI is InChI=1S/C22H20N4O4/c1-26-18-9-3-2-8-17(18)25-20(26)13-23-21(27)14-30-16-7-4-6-15(12-16)24-22(28)19-10-5-11-29-19/h2-12H,13-14H2,1H3,(H,23,27)(H,24,28). The van der Waals surface area contributed by atoms with Gasteiger partial charge >= 0.3 is 0 Å². The molecular formula is C22H20N4O4. The van der Waals surface area contributed by atoms with Crippen molar-refractivity contribution in [1.29, 1.82) is 0 Å². The van der Waals surface area contributed by atoms with Gasteiger partial charge in [0, 0.05) is 18.8 Å². The summed E-state index contributed by atoms with van der Waals surface area (Å²) in [6.07, 6.45) is 1.43. The third-order valence-corrected chi connectivity index (χ3v) is 4.53. The lowest BCUT2D eigenvalue weighted by Gasteiger charge is -2.09. The van der Waals surface area contributed by atoms with Crippen LogP contribution in [0, 0.1) is 0 Å². The van der Waals surface area contributed by atoms with E-state index in [4.69, 9.17) is 9.15 Å². The summed E-state index contributed by atoms with van der Waals surface area (Å²) in [4.78, 5) is 28.7. The van der Waals surface area contributed by atoms with Gasteiger partial charge in [-0.25, -0.2) is 4.98 Å². The number of hydrogen-bond acceptors (Lipinski definition) is 5. The van der Waals surface area contributed by atoms with Crippen molar-refractivity contribution in [2.45, 2.75) is 6.54 Å². The molecule has 8 nitrogen and oxygen atoms in total. The van der Waals surface area contributed by atoms with E-state index < -0.39 is 0 Å². The molecule has 152 valence electrons. The van der Waals surface area contributed by atoms with Crippen molar-refractivity contribution in [3.8, 4) is 5.75 Å². The number of benzene rings is 2. The fourth-order valence-electron chi connectivity index (χ4n) is 3.00. The van der Waals surface area contributed by atoms with Crippen molar-refractivity contribution in [2.75, 3.05) is 11.9 Å². The third-order valence-electron chi connectivity index (χ3n) is 4.53. The van der Waals surface area contributed by atoms with Gasteiger partial charge in [0.2, 0.25) is 0 Å². The number of amides is 2. The van der Waals surface area contributed by atoms with Crippen LogP contribution in [-0.4, -0.2) is 28.0 Å². The molecule has 30 heavy (non-hydrogen) atoms. The van der Waals surface area contributed by atoms with E-state index in [2.05, 4.69) is 15.6 Å². The van der Waals surface area contributed by atoms with Crippen LogP contribution >= 0.6 is 0 Å². The molecule has 4 aromatic rings. The Morgan fingerprint density at radius 1 is 1.10 bits per heavy atom. The van der Waals surface area contributed by atoms with E-state index in [0.29, 0.717) is 18.0 Å². The number of para-hydroxylation sites is 2. The molecule has 0 radical (unpaired) electrons. The van der Waals surface area contributed by atoms with Gasteiger partial charge in [-0.1, -0.05) is 18.2 Å². The predicted octanol–water partition coefficient (Wildman–Crippen LogP) is 3.11. The lowest BCUT2D eigenvalue weighted by Crippen LogP contribution is -2.29. The molecule has 0 saturated heterocycles. The number of aromatic nitrogens is 2. The Labute approximate surface area is 172 Å². The fraction of sp³-hybridized carbons (Fsp3) is 0.136. The zero-order chi connectivity index (χ0) is 20.9. The number of anilines is 1. The Bertz CT molecular complexity index is 1180. The molecule has 0 bridgehead atoms. The highest BCUT2D eigenvalue weighted by Crippen LogP contribution is 2.18. The summed E-state index contributed by atoms with van der Waals surface area (Å²) in [6.45, 7) is 0.145. The van der Waals surface area contributed by atoms with Gasteiger partial charge in [-0.15, -0.1) is 0 Å². The minimum Gasteiger partial charge on any atom is -0.484 e. The molecule has 0 spiro atoms. The first-order valence-corrected chi connectivity index (χ1v) is 9.35. The SMILES string of the molecule is Cn1c(CNC(=O)COc2cccc(NC(=O)c3ccco3)c2)nc2ccccc21. The van der Waals surface area contributed by atoms with Crippen molar-refractivity contribution >= 4 is 28.5 Å². The summed E-state index contributed by atoms with van der Waals surface area (Å²) in [7, 11) is 1.91. The van der Waals surface area contributed by atoms with E-state index in [1.807, 2.05) is 35.9 Å². The summed E-state index contributed by atoms with van der Waals surface area (Å²) in [5.74, 6) is 0.796. The van der Waals surface area contributed by atoms with E-state index >= 15 is 0 Å². The molecule has 2 aromatic carbocycles. The van der Waals surface area contributed by atoms with Crippen LogP contribution in [0.1, 0.15) is 16.4 Å². The number of imidazole rings is 1. The van der Waals surface area contributed by atoms with Crippen LogP contribution in [0.15, 0.2) is 71.3 Å². The molecule has 0 fully saturated rings. The Kier molecular flexibility index (Phi) is 5.47. The Morgan fingerprint density at radius 3 is 2.77 bits per heavy atom. The van der Waals surface area contributed by atoms with Crippen LogP contribution in [0.5, 0.6) is 5.75 Å². The summed E-state index contributed by atoms with van der Waals surface area (Å²) >= 11 is 0. The predicted molar refractivity (Wildman–Crippen MR) is 111 cm³/mol. The molecule has 2 heterocycles. The topological polar surface area (TPSA) is 98.4 Å². The van der Waals surface area contributed by atoms with E-state index in [-0.39, 0.29) is 24.2 Å². The molecular weight excluding hydrogens is 384 g/mol. The van der Waals surface area contributed by atoms with Crippen LogP contribution < -0.4 is 15.4 Å². The van der Waals surface area contributed by atoms with Crippen molar-refractivity contribution in [1.82, 2.24) is 14.9 Å². The maximum absolute atomic E-state index is 12.2. The highest BCUT2D eigenvalue weighted by atomic mass is 16.5. The molecule has 0 aliphatic heterocycles. The molecule has 0 saturated carbocycles. The lowest BCUT2D eigenvalue weighted by molar-refractivity contribution is -0.123.